The van der Waals surface area contributed by atoms with Crippen LogP contribution < -0.4 is 24.4 Å². The molecule has 5 aromatic carbocycles. The van der Waals surface area contributed by atoms with Crippen LogP contribution in [0.5, 0.6) is 23.0 Å². The first kappa shape index (κ1) is 24.8. The fourth-order valence-electron chi connectivity index (χ4n) is 5.02. The van der Waals surface area contributed by atoms with Crippen LogP contribution in [0.15, 0.2) is 93.4 Å². The van der Waals surface area contributed by atoms with Crippen LogP contribution in [0.3, 0.4) is 0 Å². The summed E-state index contributed by atoms with van der Waals surface area (Å²) in [6.07, 6.45) is 0. The summed E-state index contributed by atoms with van der Waals surface area (Å²) >= 11 is 0. The minimum atomic E-state index is -4.32. The smallest absolute Gasteiger partial charge is 0.231 e. The van der Waals surface area contributed by atoms with Gasteiger partial charge in [-0.05, 0) is 53.6 Å². The van der Waals surface area contributed by atoms with Gasteiger partial charge in [-0.2, -0.15) is 0 Å². The molecule has 5 aromatic rings. The molecule has 8 heteroatoms. The van der Waals surface area contributed by atoms with E-state index in [0.717, 1.165) is 5.56 Å². The van der Waals surface area contributed by atoms with Crippen LogP contribution in [0.2, 0.25) is 0 Å². The number of rotatable bonds is 5. The Balaban J connectivity index is 1.91. The third-order valence-electron chi connectivity index (χ3n) is 6.94. The fourth-order valence-corrected chi connectivity index (χ4v) is 6.60. The van der Waals surface area contributed by atoms with Crippen molar-refractivity contribution in [3.8, 4) is 34.1 Å². The van der Waals surface area contributed by atoms with E-state index in [2.05, 4.69) is 0 Å². The summed E-state index contributed by atoms with van der Waals surface area (Å²) in [6.45, 7) is 1.92. The van der Waals surface area contributed by atoms with E-state index in [1.807, 2.05) is 13.0 Å². The molecule has 0 spiro atoms. The first-order valence-corrected chi connectivity index (χ1v) is 13.7. The van der Waals surface area contributed by atoms with E-state index in [-0.39, 0.29) is 27.5 Å². The molecule has 6 rings (SSSR count). The van der Waals surface area contributed by atoms with Crippen molar-refractivity contribution < 1.29 is 27.4 Å². The highest BCUT2D eigenvalue weighted by molar-refractivity contribution is 7.91. The monoisotopic (exact) mass is 540 g/mol. The average molecular weight is 541 g/mol. The van der Waals surface area contributed by atoms with E-state index in [0.29, 0.717) is 44.7 Å². The number of aryl methyl sites for hydroxylation is 1. The Labute approximate surface area is 225 Å². The molecule has 0 saturated carbocycles. The molecule has 0 aliphatic carbocycles. The third kappa shape index (κ3) is 3.95. The Kier molecular flexibility index (Phi) is 5.92. The summed E-state index contributed by atoms with van der Waals surface area (Å²) in [5.41, 5.74) is 0.965. The van der Waals surface area contributed by atoms with E-state index in [4.69, 9.17) is 18.9 Å². The molecule has 0 aromatic heterocycles. The maximum absolute atomic E-state index is 14.4. The lowest BCUT2D eigenvalue weighted by Gasteiger charge is -2.15. The van der Waals surface area contributed by atoms with Gasteiger partial charge >= 0.3 is 0 Å². The van der Waals surface area contributed by atoms with E-state index in [9.17, 15) is 13.2 Å². The number of ether oxygens (including phenoxy) is 4. The van der Waals surface area contributed by atoms with Gasteiger partial charge in [0, 0.05) is 22.4 Å². The highest BCUT2D eigenvalue weighted by atomic mass is 32.2. The van der Waals surface area contributed by atoms with Crippen molar-refractivity contribution in [2.75, 3.05) is 21.0 Å². The van der Waals surface area contributed by atoms with Gasteiger partial charge in [-0.3, -0.25) is 4.79 Å². The summed E-state index contributed by atoms with van der Waals surface area (Å²) < 4.78 is 51.3. The van der Waals surface area contributed by atoms with E-state index in [1.165, 1.54) is 26.4 Å². The lowest BCUT2D eigenvalue weighted by molar-refractivity contribution is 0.174. The lowest BCUT2D eigenvalue weighted by Crippen LogP contribution is -2.15. The zero-order chi connectivity index (χ0) is 27.3. The molecule has 0 unspecified atom stereocenters. The average Bonchev–Trinajstić information content (AvgIpc) is 3.39. The highest BCUT2D eigenvalue weighted by Crippen LogP contribution is 2.45. The third-order valence-corrected chi connectivity index (χ3v) is 8.76. The van der Waals surface area contributed by atoms with Gasteiger partial charge in [0.15, 0.2) is 11.5 Å². The molecule has 0 N–H and O–H groups in total. The van der Waals surface area contributed by atoms with Crippen molar-refractivity contribution in [3.05, 3.63) is 94.6 Å². The molecule has 1 heterocycles. The predicted octanol–water partition coefficient (Wildman–Crippen LogP) is 5.91. The Hall–Kier alpha value is -4.56. The second-order valence-corrected chi connectivity index (χ2v) is 11.1. The molecule has 1 aliphatic rings. The number of hydrogen-bond acceptors (Lipinski definition) is 7. The van der Waals surface area contributed by atoms with Crippen molar-refractivity contribution in [2.45, 2.75) is 16.7 Å². The maximum Gasteiger partial charge on any atom is 0.231 e. The zero-order valence-corrected chi connectivity index (χ0v) is 22.3. The minimum Gasteiger partial charge on any atom is -0.497 e. The number of fused-ring (bicyclic) bond motifs is 4. The molecule has 7 nitrogen and oxygen atoms in total. The maximum atomic E-state index is 14.4. The van der Waals surface area contributed by atoms with Crippen LogP contribution in [-0.2, 0) is 9.84 Å². The number of hydrogen-bond donors (Lipinski definition) is 0. The second-order valence-electron chi connectivity index (χ2n) is 9.22. The second kappa shape index (κ2) is 9.32. The molecule has 0 saturated heterocycles. The first-order chi connectivity index (χ1) is 18.8. The molecule has 196 valence electrons. The fraction of sp³-hybridized carbons (Fsp3) is 0.129. The van der Waals surface area contributed by atoms with Gasteiger partial charge in [0.25, 0.3) is 0 Å². The topological polar surface area (TPSA) is 88.1 Å². The highest BCUT2D eigenvalue weighted by Gasteiger charge is 2.30. The molecule has 0 fully saturated rings. The van der Waals surface area contributed by atoms with Crippen molar-refractivity contribution in [3.63, 3.8) is 0 Å². The molecule has 0 bridgehead atoms. The van der Waals surface area contributed by atoms with Gasteiger partial charge < -0.3 is 18.9 Å². The van der Waals surface area contributed by atoms with Crippen molar-refractivity contribution in [1.82, 2.24) is 0 Å². The Morgan fingerprint density at radius 3 is 2.21 bits per heavy atom. The van der Waals surface area contributed by atoms with Crippen LogP contribution in [0.1, 0.15) is 5.56 Å². The van der Waals surface area contributed by atoms with E-state index >= 15 is 0 Å². The lowest BCUT2D eigenvalue weighted by atomic mass is 9.98. The predicted molar refractivity (Wildman–Crippen MR) is 149 cm³/mol. The summed E-state index contributed by atoms with van der Waals surface area (Å²) in [5.74, 6) is 1.85. The number of benzene rings is 4. The molecule has 0 atom stereocenters. The molecule has 0 radical (unpaired) electrons. The van der Waals surface area contributed by atoms with Crippen LogP contribution in [-0.4, -0.2) is 29.4 Å². The SMILES string of the molecule is COc1cc(OC)c2c(-c3ccc4c(c3)OCO4)c(S(=O)(=O)c3ccc(C)cc3)c(=O)c3ccccc3c2c1. The van der Waals surface area contributed by atoms with Gasteiger partial charge in [-0.25, -0.2) is 8.42 Å². The summed E-state index contributed by atoms with van der Waals surface area (Å²) in [5, 5.41) is 1.90. The molecule has 1 aliphatic heterocycles. The van der Waals surface area contributed by atoms with Gasteiger partial charge in [0.2, 0.25) is 22.1 Å². The van der Waals surface area contributed by atoms with Gasteiger partial charge in [0.1, 0.15) is 16.4 Å². The molecular weight excluding hydrogens is 516 g/mol. The molecule has 0 amide bonds. The van der Waals surface area contributed by atoms with Crippen LogP contribution in [0.4, 0.5) is 0 Å². The Morgan fingerprint density at radius 2 is 1.49 bits per heavy atom. The van der Waals surface area contributed by atoms with Gasteiger partial charge in [-0.1, -0.05) is 48.0 Å². The van der Waals surface area contributed by atoms with Crippen LogP contribution >= 0.6 is 0 Å². The van der Waals surface area contributed by atoms with Gasteiger partial charge in [0.05, 0.1) is 19.1 Å². The number of sulfone groups is 1. The van der Waals surface area contributed by atoms with E-state index < -0.39 is 15.3 Å². The minimum absolute atomic E-state index is 0.0168. The van der Waals surface area contributed by atoms with Crippen LogP contribution in [0.25, 0.3) is 32.7 Å². The normalized spacial score (nSPS) is 12.6. The van der Waals surface area contributed by atoms with Crippen LogP contribution in [0, 0.1) is 6.92 Å². The summed E-state index contributed by atoms with van der Waals surface area (Å²) in [7, 11) is -1.28. The zero-order valence-electron chi connectivity index (χ0n) is 21.5. The van der Waals surface area contributed by atoms with Crippen molar-refractivity contribution in [1.29, 1.82) is 0 Å². The first-order valence-electron chi connectivity index (χ1n) is 12.2. The standard InChI is InChI=1S/C31H24O7S/c1-18-8-11-21(12-9-18)39(33,34)31-28(19-10-13-25-26(14-19)38-17-37-25)29-24(15-20(35-2)16-27(29)36-3)22-6-4-5-7-23(22)30(31)32/h4-16H,17H2,1-3H3. The molecule has 39 heavy (non-hydrogen) atoms. The van der Waals surface area contributed by atoms with Gasteiger partial charge in [-0.15, -0.1) is 0 Å². The quantitative estimate of drug-likeness (QED) is 0.274. The summed E-state index contributed by atoms with van der Waals surface area (Å²) in [4.78, 5) is 14.1. The van der Waals surface area contributed by atoms with E-state index in [1.54, 1.807) is 60.7 Å². The Bertz CT molecular complexity index is 1950. The Morgan fingerprint density at radius 1 is 0.769 bits per heavy atom. The largest absolute Gasteiger partial charge is 0.497 e. The van der Waals surface area contributed by atoms with Crippen molar-refractivity contribution >= 4 is 31.4 Å². The molecular formula is C31H24O7S. The summed E-state index contributed by atoms with van der Waals surface area (Å²) in [6, 6.07) is 22.0. The van der Waals surface area contributed by atoms with Crippen molar-refractivity contribution in [2.24, 2.45) is 0 Å². The number of methoxy groups -OCH3 is 2.